The monoisotopic (exact) mass is 296 g/mol. The summed E-state index contributed by atoms with van der Waals surface area (Å²) in [6.07, 6.45) is -1.28. The van der Waals surface area contributed by atoms with Crippen LogP contribution in [0.15, 0.2) is 30.3 Å². The van der Waals surface area contributed by atoms with Crippen molar-refractivity contribution in [3.05, 3.63) is 35.9 Å². The molecule has 118 valence electrons. The molecule has 0 aliphatic carbocycles. The molecular weight excluding hydrogens is 272 g/mol. The summed E-state index contributed by atoms with van der Waals surface area (Å²) in [5, 5.41) is 9.97. The molecule has 5 nitrogen and oxygen atoms in total. The summed E-state index contributed by atoms with van der Waals surface area (Å²) in [5.41, 5.74) is 1.08. The number of aliphatic hydroxyl groups is 1. The molecule has 0 aliphatic rings. The van der Waals surface area contributed by atoms with E-state index in [1.165, 1.54) is 21.1 Å². The van der Waals surface area contributed by atoms with Gasteiger partial charge in [0.25, 0.3) is 0 Å². The number of carbonyl (C=O) groups excluding carboxylic acids is 1. The van der Waals surface area contributed by atoms with Gasteiger partial charge < -0.3 is 19.3 Å². The maximum absolute atomic E-state index is 11.4. The van der Waals surface area contributed by atoms with E-state index in [9.17, 15) is 9.90 Å². The predicted molar refractivity (Wildman–Crippen MR) is 78.7 cm³/mol. The number of hydrogen-bond acceptors (Lipinski definition) is 5. The highest BCUT2D eigenvalue weighted by Gasteiger charge is 2.31. The van der Waals surface area contributed by atoms with E-state index in [1.54, 1.807) is 0 Å². The fourth-order valence-electron chi connectivity index (χ4n) is 2.17. The lowest BCUT2D eigenvalue weighted by Gasteiger charge is -2.27. The van der Waals surface area contributed by atoms with Gasteiger partial charge in [-0.2, -0.15) is 0 Å². The van der Waals surface area contributed by atoms with Gasteiger partial charge in [-0.3, -0.25) is 4.79 Å². The fraction of sp³-hybridized carbons (Fsp3) is 0.562. The average molecular weight is 296 g/mol. The Morgan fingerprint density at radius 1 is 1.19 bits per heavy atom. The summed E-state index contributed by atoms with van der Waals surface area (Å²) in [5.74, 6) is -0.754. The zero-order valence-electron chi connectivity index (χ0n) is 12.8. The molecule has 0 spiro atoms. The smallest absolute Gasteiger partial charge is 0.162 e. The highest BCUT2D eigenvalue weighted by molar-refractivity contribution is 5.80. The van der Waals surface area contributed by atoms with Crippen LogP contribution in [0.25, 0.3) is 0 Å². The zero-order valence-corrected chi connectivity index (χ0v) is 12.8. The summed E-state index contributed by atoms with van der Waals surface area (Å²) in [7, 11) is 2.97. The third-order valence-corrected chi connectivity index (χ3v) is 3.34. The minimum atomic E-state index is -1.12. The quantitative estimate of drug-likeness (QED) is 0.526. The Morgan fingerprint density at radius 3 is 2.33 bits per heavy atom. The number of aliphatic hydroxyl groups excluding tert-OH is 1. The number of ketones is 1. The Labute approximate surface area is 125 Å². The van der Waals surface area contributed by atoms with Gasteiger partial charge in [-0.05, 0) is 18.9 Å². The summed E-state index contributed by atoms with van der Waals surface area (Å²) in [4.78, 5) is 11.4. The number of ether oxygens (including phenoxy) is 3. The molecule has 1 aromatic carbocycles. The van der Waals surface area contributed by atoms with E-state index in [4.69, 9.17) is 14.2 Å². The van der Waals surface area contributed by atoms with Crippen LogP contribution < -0.4 is 0 Å². The lowest BCUT2D eigenvalue weighted by molar-refractivity contribution is -0.171. The van der Waals surface area contributed by atoms with Crippen LogP contribution in [0.2, 0.25) is 0 Å². The van der Waals surface area contributed by atoms with E-state index in [0.29, 0.717) is 19.6 Å². The van der Waals surface area contributed by atoms with Crippen molar-refractivity contribution < 1.29 is 24.1 Å². The summed E-state index contributed by atoms with van der Waals surface area (Å²) in [6, 6.07) is 9.81. The molecule has 0 saturated heterocycles. The molecule has 0 amide bonds. The Bertz CT molecular complexity index is 402. The molecule has 1 rings (SSSR count). The lowest BCUT2D eigenvalue weighted by Crippen LogP contribution is -2.39. The van der Waals surface area contributed by atoms with Crippen molar-refractivity contribution in [3.63, 3.8) is 0 Å². The van der Waals surface area contributed by atoms with Crippen LogP contribution >= 0.6 is 0 Å². The molecule has 5 heteroatoms. The van der Waals surface area contributed by atoms with Crippen LogP contribution in [0.4, 0.5) is 0 Å². The van der Waals surface area contributed by atoms with Gasteiger partial charge >= 0.3 is 0 Å². The topological polar surface area (TPSA) is 65.0 Å². The molecule has 0 bridgehead atoms. The first-order chi connectivity index (χ1) is 10.1. The van der Waals surface area contributed by atoms with Gasteiger partial charge in [0.05, 0.1) is 6.61 Å². The van der Waals surface area contributed by atoms with Gasteiger partial charge in [-0.15, -0.1) is 0 Å². The highest BCUT2D eigenvalue weighted by atomic mass is 16.7. The maximum atomic E-state index is 11.4. The van der Waals surface area contributed by atoms with Crippen molar-refractivity contribution in [1.82, 2.24) is 0 Å². The van der Waals surface area contributed by atoms with E-state index in [0.717, 1.165) is 5.56 Å². The molecule has 1 aromatic rings. The average Bonchev–Trinajstić information content (AvgIpc) is 2.50. The molecule has 21 heavy (non-hydrogen) atoms. The van der Waals surface area contributed by atoms with Crippen LogP contribution in [0.3, 0.4) is 0 Å². The molecule has 2 atom stereocenters. The number of benzene rings is 1. The van der Waals surface area contributed by atoms with E-state index < -0.39 is 18.3 Å². The number of methoxy groups -OCH3 is 2. The minimum absolute atomic E-state index is 0.304. The number of Topliss-reactive ketones (excluding diaryl/α,β-unsaturated/α-hetero) is 1. The molecule has 0 fully saturated rings. The Morgan fingerprint density at radius 2 is 1.81 bits per heavy atom. The van der Waals surface area contributed by atoms with Crippen molar-refractivity contribution in [2.75, 3.05) is 20.8 Å². The van der Waals surface area contributed by atoms with Gasteiger partial charge in [0, 0.05) is 26.7 Å². The van der Waals surface area contributed by atoms with Gasteiger partial charge in [-0.25, -0.2) is 0 Å². The third-order valence-electron chi connectivity index (χ3n) is 3.34. The number of carbonyl (C=O) groups is 1. The second-order valence-electron chi connectivity index (χ2n) is 4.89. The summed E-state index contributed by atoms with van der Waals surface area (Å²) < 4.78 is 15.9. The van der Waals surface area contributed by atoms with Crippen molar-refractivity contribution in [3.8, 4) is 0 Å². The molecule has 1 N–H and O–H groups in total. The first-order valence-corrected chi connectivity index (χ1v) is 6.96. The number of rotatable bonds is 10. The molecule has 0 saturated carbocycles. The second-order valence-corrected chi connectivity index (χ2v) is 4.89. The first-order valence-electron chi connectivity index (χ1n) is 6.96. The van der Waals surface area contributed by atoms with Crippen LogP contribution in [0.1, 0.15) is 18.9 Å². The maximum Gasteiger partial charge on any atom is 0.162 e. The van der Waals surface area contributed by atoms with Gasteiger partial charge in [0.15, 0.2) is 12.1 Å². The van der Waals surface area contributed by atoms with Crippen LogP contribution in [-0.2, 0) is 25.6 Å². The van der Waals surface area contributed by atoms with Crippen molar-refractivity contribution in [2.24, 2.45) is 5.92 Å². The molecule has 0 heterocycles. The standard InChI is InChI=1S/C16H24O5/c1-12(17)15(18)14(16(19-2)20-3)9-10-21-11-13-7-5-4-6-8-13/h4-8,14-16,18H,9-11H2,1-3H3/t14-,15?/m0/s1. The number of hydrogen-bond donors (Lipinski definition) is 1. The SMILES string of the molecule is COC(OC)[C@@H](CCOCc1ccccc1)C(O)C(C)=O. The van der Waals surface area contributed by atoms with Crippen molar-refractivity contribution in [1.29, 1.82) is 0 Å². The van der Waals surface area contributed by atoms with Crippen LogP contribution in [0, 0.1) is 5.92 Å². The van der Waals surface area contributed by atoms with E-state index in [2.05, 4.69) is 0 Å². The summed E-state index contributed by atoms with van der Waals surface area (Å²) >= 11 is 0. The fourth-order valence-corrected chi connectivity index (χ4v) is 2.17. The van der Waals surface area contributed by atoms with Gasteiger partial charge in [0.2, 0.25) is 0 Å². The first kappa shape index (κ1) is 17.8. The summed E-state index contributed by atoms with van der Waals surface area (Å²) in [6.45, 7) is 2.26. The molecule has 1 unspecified atom stereocenters. The minimum Gasteiger partial charge on any atom is -0.385 e. The normalized spacial score (nSPS) is 14.1. The van der Waals surface area contributed by atoms with Crippen LogP contribution in [0.5, 0.6) is 0 Å². The van der Waals surface area contributed by atoms with E-state index >= 15 is 0 Å². The molecule has 0 aromatic heterocycles. The zero-order chi connectivity index (χ0) is 15.7. The highest BCUT2D eigenvalue weighted by Crippen LogP contribution is 2.19. The second kappa shape index (κ2) is 9.63. The van der Waals surface area contributed by atoms with Gasteiger partial charge in [0.1, 0.15) is 6.10 Å². The largest absolute Gasteiger partial charge is 0.385 e. The Kier molecular flexibility index (Phi) is 8.15. The molecule has 0 aliphatic heterocycles. The van der Waals surface area contributed by atoms with Crippen LogP contribution in [-0.4, -0.2) is 44.1 Å². The predicted octanol–water partition coefficient (Wildman–Crippen LogP) is 1.78. The molecular formula is C16H24O5. The third kappa shape index (κ3) is 5.93. The Hall–Kier alpha value is -1.27. The Balaban J connectivity index is 2.47. The van der Waals surface area contributed by atoms with E-state index in [-0.39, 0.29) is 5.78 Å². The lowest BCUT2D eigenvalue weighted by atomic mass is 9.95. The molecule has 0 radical (unpaired) electrons. The van der Waals surface area contributed by atoms with Gasteiger partial charge in [-0.1, -0.05) is 30.3 Å². The van der Waals surface area contributed by atoms with Crippen molar-refractivity contribution in [2.45, 2.75) is 32.3 Å². The van der Waals surface area contributed by atoms with E-state index in [1.807, 2.05) is 30.3 Å². The van der Waals surface area contributed by atoms with Crippen molar-refractivity contribution >= 4 is 5.78 Å².